The number of Topliss-reactive ketones (excluding diaryl/α,β-unsaturated/α-hetero) is 1. The number of furan rings is 1. The molecule has 29 heavy (non-hydrogen) atoms. The van der Waals surface area contributed by atoms with Crippen LogP contribution in [-0.2, 0) is 14.3 Å². The van der Waals surface area contributed by atoms with Crippen molar-refractivity contribution in [2.45, 2.75) is 12.7 Å². The zero-order valence-corrected chi connectivity index (χ0v) is 15.2. The molecule has 1 aromatic heterocycles. The van der Waals surface area contributed by atoms with Gasteiger partial charge in [-0.2, -0.15) is 0 Å². The highest BCUT2D eigenvalue weighted by molar-refractivity contribution is 6.28. The van der Waals surface area contributed by atoms with Crippen molar-refractivity contribution < 1.29 is 38.2 Å². The Bertz CT molecular complexity index is 951. The van der Waals surface area contributed by atoms with E-state index in [1.807, 2.05) is 0 Å². The second kappa shape index (κ2) is 7.70. The fourth-order valence-corrected chi connectivity index (χ4v) is 3.10. The Kier molecular flexibility index (Phi) is 5.10. The van der Waals surface area contributed by atoms with Crippen LogP contribution in [0.3, 0.4) is 0 Å². The molecule has 4 rings (SSSR count). The summed E-state index contributed by atoms with van der Waals surface area (Å²) in [7, 11) is 0. The van der Waals surface area contributed by atoms with Gasteiger partial charge in [0.15, 0.2) is 30.4 Å². The van der Waals surface area contributed by atoms with Gasteiger partial charge >= 0.3 is 5.97 Å². The van der Waals surface area contributed by atoms with Crippen molar-refractivity contribution in [2.24, 2.45) is 5.92 Å². The molecule has 1 fully saturated rings. The van der Waals surface area contributed by atoms with Crippen LogP contribution in [0.1, 0.15) is 49.0 Å². The van der Waals surface area contributed by atoms with Crippen LogP contribution < -0.4 is 5.32 Å². The van der Waals surface area contributed by atoms with E-state index < -0.39 is 42.8 Å². The van der Waals surface area contributed by atoms with Gasteiger partial charge < -0.3 is 24.3 Å². The number of aliphatic hydroxyl groups is 1. The summed E-state index contributed by atoms with van der Waals surface area (Å²) in [5.74, 6) is -3.10. The fourth-order valence-electron chi connectivity index (χ4n) is 3.10. The van der Waals surface area contributed by atoms with Gasteiger partial charge in [-0.15, -0.1) is 0 Å². The number of aliphatic hydroxyl groups excluding tert-OH is 1. The van der Waals surface area contributed by atoms with E-state index in [1.165, 1.54) is 18.2 Å². The lowest BCUT2D eigenvalue weighted by molar-refractivity contribution is -0.201. The van der Waals surface area contributed by atoms with E-state index in [9.17, 15) is 24.3 Å². The smallest absolute Gasteiger partial charge is 0.315 e. The Labute approximate surface area is 164 Å². The van der Waals surface area contributed by atoms with Crippen LogP contribution in [0.5, 0.6) is 0 Å². The van der Waals surface area contributed by atoms with Crippen molar-refractivity contribution in [1.29, 1.82) is 0 Å². The van der Waals surface area contributed by atoms with Crippen LogP contribution in [-0.4, -0.2) is 54.6 Å². The van der Waals surface area contributed by atoms with Crippen LogP contribution in [0.15, 0.2) is 34.7 Å². The first-order chi connectivity index (χ1) is 14.0. The number of ether oxygens (including phenoxy) is 2. The number of hydrogen-bond donors (Lipinski definition) is 2. The summed E-state index contributed by atoms with van der Waals surface area (Å²) in [5, 5.41) is 12.6. The lowest BCUT2D eigenvalue weighted by Gasteiger charge is -2.30. The van der Waals surface area contributed by atoms with Crippen molar-refractivity contribution in [3.63, 3.8) is 0 Å². The molecule has 1 aliphatic heterocycles. The first-order valence-corrected chi connectivity index (χ1v) is 8.97. The van der Waals surface area contributed by atoms with Gasteiger partial charge in [0.25, 0.3) is 0 Å². The second-order valence-electron chi connectivity index (χ2n) is 6.77. The second-order valence-corrected chi connectivity index (χ2v) is 6.77. The molecule has 1 saturated heterocycles. The standard InChI is InChI=1S/C20H17NO8/c22-14(6-16(23)27-9-28-20(26)10-7-21-8-10)15-5-13-17(24)11-3-1-2-4-12(11)18(25)19(13)29-15/h1-5,10,20-21,26H,6-9H2. The zero-order chi connectivity index (χ0) is 20.5. The minimum atomic E-state index is -1.06. The average Bonchev–Trinajstić information content (AvgIpc) is 3.11. The highest BCUT2D eigenvalue weighted by Crippen LogP contribution is 2.30. The Morgan fingerprint density at radius 2 is 1.83 bits per heavy atom. The number of ketones is 3. The molecule has 0 saturated carbocycles. The number of carbonyl (C=O) groups is 4. The average molecular weight is 399 g/mol. The number of rotatable bonds is 7. The Balaban J connectivity index is 1.38. The number of carbonyl (C=O) groups excluding carboxylic acids is 4. The maximum atomic E-state index is 12.5. The van der Waals surface area contributed by atoms with Gasteiger partial charge in [-0.05, 0) is 6.07 Å². The summed E-state index contributed by atoms with van der Waals surface area (Å²) in [4.78, 5) is 49.2. The summed E-state index contributed by atoms with van der Waals surface area (Å²) >= 11 is 0. The van der Waals surface area contributed by atoms with E-state index in [-0.39, 0.29) is 34.1 Å². The molecule has 2 N–H and O–H groups in total. The molecule has 1 aromatic carbocycles. The predicted molar refractivity (Wildman–Crippen MR) is 95.4 cm³/mol. The van der Waals surface area contributed by atoms with Crippen molar-refractivity contribution in [1.82, 2.24) is 5.32 Å². The monoisotopic (exact) mass is 399 g/mol. The maximum absolute atomic E-state index is 12.5. The molecule has 2 heterocycles. The summed E-state index contributed by atoms with van der Waals surface area (Å²) in [6, 6.07) is 7.47. The van der Waals surface area contributed by atoms with Crippen LogP contribution >= 0.6 is 0 Å². The molecule has 0 amide bonds. The molecule has 0 spiro atoms. The number of esters is 1. The number of hydrogen-bond acceptors (Lipinski definition) is 9. The van der Waals surface area contributed by atoms with Gasteiger partial charge in [0.1, 0.15) is 6.42 Å². The van der Waals surface area contributed by atoms with Gasteiger partial charge in [-0.1, -0.05) is 24.3 Å². The molecule has 1 atom stereocenters. The van der Waals surface area contributed by atoms with Gasteiger partial charge in [0, 0.05) is 30.1 Å². The number of fused-ring (bicyclic) bond motifs is 2. The molecule has 9 heteroatoms. The first-order valence-electron chi connectivity index (χ1n) is 8.97. The SMILES string of the molecule is O=C(CC(=O)c1cc2c(o1)C(=O)c1ccccc1C2=O)OCOC(O)C1CNC1. The summed E-state index contributed by atoms with van der Waals surface area (Å²) in [6.07, 6.45) is -1.72. The molecule has 2 aromatic rings. The summed E-state index contributed by atoms with van der Waals surface area (Å²) in [5.41, 5.74) is 0.433. The third-order valence-corrected chi connectivity index (χ3v) is 4.85. The van der Waals surface area contributed by atoms with E-state index in [0.717, 1.165) is 0 Å². The molecule has 150 valence electrons. The molecular formula is C20H17NO8. The fraction of sp³-hybridized carbons (Fsp3) is 0.300. The van der Waals surface area contributed by atoms with Crippen LogP contribution in [0, 0.1) is 5.92 Å². The third kappa shape index (κ3) is 3.63. The Hall–Kier alpha value is -3.14. The predicted octanol–water partition coefficient (Wildman–Crippen LogP) is 0.683. The molecule has 1 aliphatic carbocycles. The minimum Gasteiger partial charge on any atom is -0.449 e. The highest BCUT2D eigenvalue weighted by Gasteiger charge is 2.34. The topological polar surface area (TPSA) is 132 Å². The molecular weight excluding hydrogens is 382 g/mol. The number of benzene rings is 1. The quantitative estimate of drug-likeness (QED) is 0.255. The molecule has 1 unspecified atom stereocenters. The molecule has 2 aliphatic rings. The number of nitrogens with one attached hydrogen (secondary N) is 1. The summed E-state index contributed by atoms with van der Waals surface area (Å²) in [6.45, 7) is 0.723. The molecule has 0 radical (unpaired) electrons. The van der Waals surface area contributed by atoms with Crippen molar-refractivity contribution >= 4 is 23.3 Å². The third-order valence-electron chi connectivity index (χ3n) is 4.85. The van der Waals surface area contributed by atoms with Gasteiger partial charge in [0.05, 0.1) is 5.56 Å². The van der Waals surface area contributed by atoms with Gasteiger partial charge in [0.2, 0.25) is 11.6 Å². The normalized spacial score (nSPS) is 16.6. The molecule has 0 bridgehead atoms. The minimum absolute atomic E-state index is 0.00835. The zero-order valence-electron chi connectivity index (χ0n) is 15.2. The Morgan fingerprint density at radius 3 is 2.48 bits per heavy atom. The van der Waals surface area contributed by atoms with Gasteiger partial charge in [-0.3, -0.25) is 19.2 Å². The lowest BCUT2D eigenvalue weighted by atomic mass is 9.88. The van der Waals surface area contributed by atoms with E-state index in [4.69, 9.17) is 13.9 Å². The van der Waals surface area contributed by atoms with Crippen LogP contribution in [0.2, 0.25) is 0 Å². The van der Waals surface area contributed by atoms with Crippen molar-refractivity contribution in [3.05, 3.63) is 58.5 Å². The van der Waals surface area contributed by atoms with E-state index >= 15 is 0 Å². The largest absolute Gasteiger partial charge is 0.449 e. The van der Waals surface area contributed by atoms with Crippen molar-refractivity contribution in [3.8, 4) is 0 Å². The maximum Gasteiger partial charge on any atom is 0.315 e. The lowest BCUT2D eigenvalue weighted by Crippen LogP contribution is -2.49. The van der Waals surface area contributed by atoms with E-state index in [2.05, 4.69) is 5.32 Å². The molecule has 9 nitrogen and oxygen atoms in total. The summed E-state index contributed by atoms with van der Waals surface area (Å²) < 4.78 is 15.1. The first kappa shape index (κ1) is 19.2. The Morgan fingerprint density at radius 1 is 1.14 bits per heavy atom. The van der Waals surface area contributed by atoms with Crippen molar-refractivity contribution in [2.75, 3.05) is 19.9 Å². The highest BCUT2D eigenvalue weighted by atomic mass is 16.7. The van der Waals surface area contributed by atoms with Crippen LogP contribution in [0.4, 0.5) is 0 Å². The van der Waals surface area contributed by atoms with E-state index in [0.29, 0.717) is 13.1 Å². The van der Waals surface area contributed by atoms with Crippen LogP contribution in [0.25, 0.3) is 0 Å². The van der Waals surface area contributed by atoms with Gasteiger partial charge in [-0.25, -0.2) is 0 Å². The van der Waals surface area contributed by atoms with E-state index in [1.54, 1.807) is 12.1 Å².